The molecule has 0 aliphatic rings. The van der Waals surface area contributed by atoms with Gasteiger partial charge in [-0.25, -0.2) is 0 Å². The van der Waals surface area contributed by atoms with Gasteiger partial charge >= 0.3 is 0 Å². The van der Waals surface area contributed by atoms with Crippen LogP contribution in [0.5, 0.6) is 0 Å². The fourth-order valence-electron chi connectivity index (χ4n) is 0.201. The summed E-state index contributed by atoms with van der Waals surface area (Å²) in [4.78, 5) is 0. The molecule has 0 spiro atoms. The van der Waals surface area contributed by atoms with E-state index in [4.69, 9.17) is 0 Å². The van der Waals surface area contributed by atoms with E-state index in [0.717, 1.165) is 0 Å². The summed E-state index contributed by atoms with van der Waals surface area (Å²) in [6, 6.07) is 0. The Morgan fingerprint density at radius 2 is 1.38 bits per heavy atom. The van der Waals surface area contributed by atoms with Crippen molar-refractivity contribution in [1.82, 2.24) is 0 Å². The molecule has 0 heterocycles. The Hall–Kier alpha value is -0.120. The van der Waals surface area contributed by atoms with Gasteiger partial charge in [0, 0.05) is 14.2 Å². The molecular weight excluding hydrogens is 108 g/mol. The Balaban J connectivity index is 0. The van der Waals surface area contributed by atoms with E-state index in [1.807, 2.05) is 0 Å². The minimum absolute atomic E-state index is 0. The molecule has 0 fully saturated rings. The first-order valence-electron chi connectivity index (χ1n) is 1.97. The van der Waals surface area contributed by atoms with Gasteiger partial charge in [0.25, 0.3) is 0 Å². The van der Waals surface area contributed by atoms with Gasteiger partial charge in [0.05, 0.1) is 0 Å². The molecule has 0 rings (SSSR count). The van der Waals surface area contributed by atoms with Crippen molar-refractivity contribution in [3.63, 3.8) is 0 Å². The van der Waals surface area contributed by atoms with Crippen LogP contribution in [0.15, 0.2) is 0 Å². The normalized spacial score (nSPS) is 8.25. The third kappa shape index (κ3) is 9.30. The minimum atomic E-state index is 0. The lowest BCUT2D eigenvalue weighted by molar-refractivity contribution is -0.107. The summed E-state index contributed by atoms with van der Waals surface area (Å²) in [6.07, 6.45) is 0. The maximum Gasteiger partial charge on any atom is 0.149 e. The number of ether oxygens (including phenoxy) is 3. The maximum absolute atomic E-state index is 4.69. The van der Waals surface area contributed by atoms with Crippen LogP contribution in [0.2, 0.25) is 0 Å². The lowest BCUT2D eigenvalue weighted by Crippen LogP contribution is -1.98. The van der Waals surface area contributed by atoms with Crippen molar-refractivity contribution in [1.29, 1.82) is 0 Å². The van der Waals surface area contributed by atoms with Crippen LogP contribution in [-0.2, 0) is 14.2 Å². The summed E-state index contributed by atoms with van der Waals surface area (Å²) in [6.45, 7) is 0.599. The van der Waals surface area contributed by atoms with Crippen LogP contribution >= 0.6 is 0 Å². The number of methoxy groups -OCH3 is 2. The van der Waals surface area contributed by atoms with Crippen molar-refractivity contribution in [3.8, 4) is 0 Å². The zero-order chi connectivity index (χ0) is 5.54. The van der Waals surface area contributed by atoms with Crippen molar-refractivity contribution >= 4 is 0 Å². The van der Waals surface area contributed by atoms with Crippen LogP contribution < -0.4 is 0 Å². The summed E-state index contributed by atoms with van der Waals surface area (Å²) in [5, 5.41) is 0. The predicted octanol–water partition coefficient (Wildman–Crippen LogP) is 0.847. The molecule has 0 bridgehead atoms. The predicted molar refractivity (Wildman–Crippen MR) is 31.6 cm³/mol. The topological polar surface area (TPSA) is 27.7 Å². The van der Waals surface area contributed by atoms with Crippen molar-refractivity contribution in [2.75, 3.05) is 27.8 Å². The molecule has 52 valence electrons. The average Bonchev–Trinajstić information content (AvgIpc) is 1.69. The highest BCUT2D eigenvalue weighted by Crippen LogP contribution is 1.72. The zero-order valence-corrected chi connectivity index (χ0v) is 4.64. The minimum Gasteiger partial charge on any atom is -0.359 e. The van der Waals surface area contributed by atoms with Crippen LogP contribution in [0.3, 0.4) is 0 Å². The van der Waals surface area contributed by atoms with E-state index in [-0.39, 0.29) is 7.43 Å². The molecule has 3 nitrogen and oxygen atoms in total. The van der Waals surface area contributed by atoms with Gasteiger partial charge in [-0.2, -0.15) is 0 Å². The molecule has 0 atom stereocenters. The standard InChI is InChI=1S/C4H10O3.CH4/c1-5-3-7-4-6-2;/h3-4H2,1-2H3;1H4. The van der Waals surface area contributed by atoms with E-state index in [1.165, 1.54) is 0 Å². The molecule has 0 saturated heterocycles. The second kappa shape index (κ2) is 9.99. The van der Waals surface area contributed by atoms with Crippen LogP contribution in [0.4, 0.5) is 0 Å². The van der Waals surface area contributed by atoms with Gasteiger partial charge < -0.3 is 14.2 Å². The van der Waals surface area contributed by atoms with E-state index in [2.05, 4.69) is 14.2 Å². The largest absolute Gasteiger partial charge is 0.359 e. The molecule has 0 aromatic heterocycles. The molecule has 8 heavy (non-hydrogen) atoms. The number of hydrogen-bond acceptors (Lipinski definition) is 3. The lowest BCUT2D eigenvalue weighted by atomic mass is 11.3. The lowest BCUT2D eigenvalue weighted by Gasteiger charge is -1.97. The van der Waals surface area contributed by atoms with E-state index in [0.29, 0.717) is 13.6 Å². The second-order valence-corrected chi connectivity index (χ2v) is 1.02. The van der Waals surface area contributed by atoms with Crippen LogP contribution in [0.25, 0.3) is 0 Å². The molecule has 0 aromatic carbocycles. The van der Waals surface area contributed by atoms with E-state index in [1.54, 1.807) is 14.2 Å². The summed E-state index contributed by atoms with van der Waals surface area (Å²) in [7, 11) is 3.13. The van der Waals surface area contributed by atoms with Gasteiger partial charge in [0.15, 0.2) is 0 Å². The average molecular weight is 122 g/mol. The van der Waals surface area contributed by atoms with Crippen molar-refractivity contribution in [2.45, 2.75) is 7.43 Å². The van der Waals surface area contributed by atoms with Gasteiger partial charge in [-0.1, -0.05) is 7.43 Å². The quantitative estimate of drug-likeness (QED) is 0.408. The SMILES string of the molecule is C.COCOCOC. The smallest absolute Gasteiger partial charge is 0.149 e. The molecule has 0 radical (unpaired) electrons. The summed E-state index contributed by atoms with van der Waals surface area (Å²) >= 11 is 0. The molecule has 0 aromatic rings. The maximum atomic E-state index is 4.69. The van der Waals surface area contributed by atoms with Gasteiger partial charge in [-0.15, -0.1) is 0 Å². The van der Waals surface area contributed by atoms with Gasteiger partial charge in [-0.05, 0) is 0 Å². The first kappa shape index (κ1) is 10.8. The molecule has 0 aliphatic carbocycles. The summed E-state index contributed by atoms with van der Waals surface area (Å²) < 4.78 is 13.8. The zero-order valence-electron chi connectivity index (χ0n) is 4.64. The van der Waals surface area contributed by atoms with E-state index in [9.17, 15) is 0 Å². The third-order valence-corrected chi connectivity index (χ3v) is 0.402. The molecule has 3 heteroatoms. The number of hydrogen-bond donors (Lipinski definition) is 0. The van der Waals surface area contributed by atoms with Crippen LogP contribution in [0, 0.1) is 0 Å². The molecule has 0 amide bonds. The monoisotopic (exact) mass is 122 g/mol. The summed E-state index contributed by atoms with van der Waals surface area (Å²) in [5.74, 6) is 0. The highest BCUT2D eigenvalue weighted by molar-refractivity contribution is 3.95. The van der Waals surface area contributed by atoms with E-state index >= 15 is 0 Å². The van der Waals surface area contributed by atoms with Crippen molar-refractivity contribution < 1.29 is 14.2 Å². The second-order valence-electron chi connectivity index (χ2n) is 1.02. The van der Waals surface area contributed by atoms with Crippen molar-refractivity contribution in [2.24, 2.45) is 0 Å². The fraction of sp³-hybridized carbons (Fsp3) is 1.00. The fourth-order valence-corrected chi connectivity index (χ4v) is 0.201. The Bertz CT molecular complexity index is 26.9. The van der Waals surface area contributed by atoms with Gasteiger partial charge in [0.2, 0.25) is 0 Å². The first-order valence-corrected chi connectivity index (χ1v) is 1.97. The third-order valence-electron chi connectivity index (χ3n) is 0.402. The van der Waals surface area contributed by atoms with Gasteiger partial charge in [0.1, 0.15) is 13.6 Å². The molecule has 0 unspecified atom stereocenters. The van der Waals surface area contributed by atoms with Crippen LogP contribution in [0.1, 0.15) is 7.43 Å². The highest BCUT2D eigenvalue weighted by Gasteiger charge is 1.76. The Morgan fingerprint density at radius 3 is 1.62 bits per heavy atom. The number of rotatable bonds is 4. The molecule has 0 N–H and O–H groups in total. The Kier molecular flexibility index (Phi) is 13.5. The molecular formula is C5H14O3. The van der Waals surface area contributed by atoms with Gasteiger partial charge in [-0.3, -0.25) is 0 Å². The highest BCUT2D eigenvalue weighted by atomic mass is 16.7. The van der Waals surface area contributed by atoms with E-state index < -0.39 is 0 Å². The first-order chi connectivity index (χ1) is 3.41. The molecule has 0 aliphatic heterocycles. The van der Waals surface area contributed by atoms with Crippen LogP contribution in [-0.4, -0.2) is 27.8 Å². The van der Waals surface area contributed by atoms with Crippen molar-refractivity contribution in [3.05, 3.63) is 0 Å². The Morgan fingerprint density at radius 1 is 1.00 bits per heavy atom. The molecule has 0 saturated carbocycles. The Labute approximate surface area is 50.5 Å². The summed E-state index contributed by atoms with van der Waals surface area (Å²) in [5.41, 5.74) is 0.